The summed E-state index contributed by atoms with van der Waals surface area (Å²) in [6, 6.07) is 6.56. The molecular formula is C15H19NO4S. The first-order valence-corrected chi connectivity index (χ1v) is 8.16. The number of β-lactam (4-membered cyclic amide) rings is 1. The first-order valence-electron chi connectivity index (χ1n) is 6.76. The number of rotatable bonds is 6. The second-order valence-electron chi connectivity index (χ2n) is 4.66. The summed E-state index contributed by atoms with van der Waals surface area (Å²) >= 11 is 1.56. The van der Waals surface area contributed by atoms with Gasteiger partial charge in [-0.25, -0.2) is 4.79 Å². The van der Waals surface area contributed by atoms with Gasteiger partial charge in [0.15, 0.2) is 0 Å². The minimum absolute atomic E-state index is 0.0347. The van der Waals surface area contributed by atoms with Gasteiger partial charge in [-0.15, -0.1) is 0 Å². The molecule has 0 N–H and O–H groups in total. The van der Waals surface area contributed by atoms with Crippen LogP contribution in [0, 0.1) is 5.92 Å². The number of ether oxygens (including phenoxy) is 2. The van der Waals surface area contributed by atoms with Gasteiger partial charge in [0.05, 0.1) is 19.6 Å². The highest BCUT2D eigenvalue weighted by Gasteiger charge is 2.52. The Labute approximate surface area is 128 Å². The molecule has 6 heteroatoms. The minimum atomic E-state index is -0.529. The number of hydrogen-bond donors (Lipinski definition) is 0. The van der Waals surface area contributed by atoms with E-state index in [4.69, 9.17) is 9.47 Å². The van der Waals surface area contributed by atoms with E-state index < -0.39 is 6.04 Å². The minimum Gasteiger partial charge on any atom is -0.497 e. The fraction of sp³-hybridized carbons (Fsp3) is 0.467. The van der Waals surface area contributed by atoms with Crippen LogP contribution in [0.4, 0.5) is 5.69 Å². The Kier molecular flexibility index (Phi) is 5.12. The standard InChI is InChI=1S/C15H19NO4S/c1-4-20-15(18)13-12(9-21-3)14(17)16(13)10-5-7-11(19-2)8-6-10/h5-8,12-13H,4,9H2,1-3H3/t12-,13+/m0/s1. The summed E-state index contributed by atoms with van der Waals surface area (Å²) in [6.07, 6.45) is 1.92. The zero-order valence-corrected chi connectivity index (χ0v) is 13.2. The Morgan fingerprint density at radius 3 is 2.52 bits per heavy atom. The van der Waals surface area contributed by atoms with Gasteiger partial charge in [-0.2, -0.15) is 11.8 Å². The van der Waals surface area contributed by atoms with Crippen LogP contribution in [-0.4, -0.2) is 43.6 Å². The molecule has 1 amide bonds. The van der Waals surface area contributed by atoms with Gasteiger partial charge < -0.3 is 9.47 Å². The zero-order chi connectivity index (χ0) is 15.4. The summed E-state index contributed by atoms with van der Waals surface area (Å²) in [4.78, 5) is 25.9. The molecule has 0 spiro atoms. The lowest BCUT2D eigenvalue weighted by molar-refractivity contribution is -0.153. The molecule has 0 radical (unpaired) electrons. The molecule has 1 aliphatic heterocycles. The van der Waals surface area contributed by atoms with Gasteiger partial charge in [-0.05, 0) is 37.4 Å². The van der Waals surface area contributed by atoms with Crippen molar-refractivity contribution in [1.82, 2.24) is 0 Å². The Bertz CT molecular complexity index is 517. The van der Waals surface area contributed by atoms with Crippen molar-refractivity contribution in [3.05, 3.63) is 24.3 Å². The van der Waals surface area contributed by atoms with Crippen molar-refractivity contribution in [3.63, 3.8) is 0 Å². The quantitative estimate of drug-likeness (QED) is 0.594. The van der Waals surface area contributed by atoms with Crippen molar-refractivity contribution in [3.8, 4) is 5.75 Å². The zero-order valence-electron chi connectivity index (χ0n) is 12.4. The first-order chi connectivity index (χ1) is 10.1. The van der Waals surface area contributed by atoms with Crippen LogP contribution in [0.15, 0.2) is 24.3 Å². The van der Waals surface area contributed by atoms with Crippen LogP contribution in [-0.2, 0) is 14.3 Å². The van der Waals surface area contributed by atoms with Crippen LogP contribution in [0.5, 0.6) is 5.75 Å². The van der Waals surface area contributed by atoms with Crippen molar-refractivity contribution in [1.29, 1.82) is 0 Å². The number of hydrogen-bond acceptors (Lipinski definition) is 5. The lowest BCUT2D eigenvalue weighted by Gasteiger charge is -2.45. The summed E-state index contributed by atoms with van der Waals surface area (Å²) in [5.41, 5.74) is 0.691. The van der Waals surface area contributed by atoms with Gasteiger partial charge in [-0.3, -0.25) is 9.69 Å². The molecule has 0 saturated carbocycles. The number of esters is 1. The van der Waals surface area contributed by atoms with Gasteiger partial charge >= 0.3 is 5.97 Å². The number of anilines is 1. The van der Waals surface area contributed by atoms with Crippen LogP contribution in [0.3, 0.4) is 0 Å². The van der Waals surface area contributed by atoms with Crippen molar-refractivity contribution in [2.45, 2.75) is 13.0 Å². The van der Waals surface area contributed by atoms with Crippen LogP contribution in [0.2, 0.25) is 0 Å². The summed E-state index contributed by atoms with van der Waals surface area (Å²) in [5, 5.41) is 0. The maximum Gasteiger partial charge on any atom is 0.330 e. The van der Waals surface area contributed by atoms with Gasteiger partial charge in [0.2, 0.25) is 5.91 Å². The van der Waals surface area contributed by atoms with E-state index >= 15 is 0 Å². The third-order valence-electron chi connectivity index (χ3n) is 3.44. The highest BCUT2D eigenvalue weighted by molar-refractivity contribution is 7.98. The van der Waals surface area contributed by atoms with E-state index in [-0.39, 0.29) is 17.8 Å². The molecule has 0 unspecified atom stereocenters. The van der Waals surface area contributed by atoms with Crippen molar-refractivity contribution >= 4 is 29.3 Å². The molecule has 1 aromatic carbocycles. The maximum atomic E-state index is 12.3. The second kappa shape index (κ2) is 6.85. The van der Waals surface area contributed by atoms with Gasteiger partial charge in [0, 0.05) is 11.4 Å². The summed E-state index contributed by atoms with van der Waals surface area (Å²) < 4.78 is 10.2. The van der Waals surface area contributed by atoms with E-state index in [1.807, 2.05) is 6.26 Å². The average molecular weight is 309 g/mol. The van der Waals surface area contributed by atoms with Gasteiger partial charge in [-0.1, -0.05) is 0 Å². The molecule has 1 heterocycles. The fourth-order valence-electron chi connectivity index (χ4n) is 2.42. The Balaban J connectivity index is 2.22. The highest BCUT2D eigenvalue weighted by Crippen LogP contribution is 2.35. The third-order valence-corrected chi connectivity index (χ3v) is 4.13. The molecule has 1 aliphatic rings. The SMILES string of the molecule is CCOC(=O)[C@H]1[C@H](CSC)C(=O)N1c1ccc(OC)cc1. The molecule has 0 aliphatic carbocycles. The van der Waals surface area contributed by atoms with Crippen LogP contribution in [0.25, 0.3) is 0 Å². The number of thioether (sulfide) groups is 1. The largest absolute Gasteiger partial charge is 0.497 e. The predicted molar refractivity (Wildman–Crippen MR) is 82.8 cm³/mol. The Hall–Kier alpha value is -1.69. The number of nitrogens with zero attached hydrogens (tertiary/aromatic N) is 1. The van der Waals surface area contributed by atoms with Crippen LogP contribution in [0.1, 0.15) is 6.92 Å². The summed E-state index contributed by atoms with van der Waals surface area (Å²) in [6.45, 7) is 2.08. The lowest BCUT2D eigenvalue weighted by Crippen LogP contribution is -2.66. The summed E-state index contributed by atoms with van der Waals surface area (Å²) in [7, 11) is 1.58. The number of benzene rings is 1. The highest BCUT2D eigenvalue weighted by atomic mass is 32.2. The number of amides is 1. The monoisotopic (exact) mass is 309 g/mol. The fourth-order valence-corrected chi connectivity index (χ4v) is 3.10. The van der Waals surface area contributed by atoms with Gasteiger partial charge in [0.1, 0.15) is 11.8 Å². The number of carbonyl (C=O) groups excluding carboxylic acids is 2. The van der Waals surface area contributed by atoms with E-state index in [0.29, 0.717) is 23.8 Å². The maximum absolute atomic E-state index is 12.3. The second-order valence-corrected chi connectivity index (χ2v) is 5.58. The third kappa shape index (κ3) is 3.00. The molecule has 1 fully saturated rings. The number of carbonyl (C=O) groups is 2. The summed E-state index contributed by atoms with van der Waals surface area (Å²) in [5.74, 6) is 0.648. The average Bonchev–Trinajstić information content (AvgIpc) is 2.50. The molecule has 0 bridgehead atoms. The number of methoxy groups -OCH3 is 1. The van der Waals surface area contributed by atoms with E-state index in [1.54, 1.807) is 50.1 Å². The van der Waals surface area contributed by atoms with E-state index in [2.05, 4.69) is 0 Å². The Morgan fingerprint density at radius 2 is 2.00 bits per heavy atom. The molecular weight excluding hydrogens is 290 g/mol. The van der Waals surface area contributed by atoms with Crippen molar-refractivity contribution in [2.24, 2.45) is 5.92 Å². The normalized spacial score (nSPS) is 20.9. The topological polar surface area (TPSA) is 55.8 Å². The van der Waals surface area contributed by atoms with Crippen LogP contribution >= 0.6 is 11.8 Å². The van der Waals surface area contributed by atoms with Gasteiger partial charge in [0.25, 0.3) is 0 Å². The van der Waals surface area contributed by atoms with E-state index in [9.17, 15) is 9.59 Å². The molecule has 21 heavy (non-hydrogen) atoms. The Morgan fingerprint density at radius 1 is 1.33 bits per heavy atom. The molecule has 114 valence electrons. The molecule has 1 saturated heterocycles. The smallest absolute Gasteiger partial charge is 0.330 e. The van der Waals surface area contributed by atoms with Crippen molar-refractivity contribution in [2.75, 3.05) is 30.6 Å². The lowest BCUT2D eigenvalue weighted by atomic mass is 9.88. The molecule has 2 rings (SSSR count). The van der Waals surface area contributed by atoms with E-state index in [0.717, 1.165) is 0 Å². The predicted octanol–water partition coefficient (Wildman–Crippen LogP) is 1.95. The van der Waals surface area contributed by atoms with Crippen LogP contribution < -0.4 is 9.64 Å². The molecule has 2 atom stereocenters. The van der Waals surface area contributed by atoms with E-state index in [1.165, 1.54) is 4.90 Å². The van der Waals surface area contributed by atoms with Crippen molar-refractivity contribution < 1.29 is 19.1 Å². The molecule has 1 aromatic rings. The molecule has 5 nitrogen and oxygen atoms in total. The molecule has 0 aromatic heterocycles. The first kappa shape index (κ1) is 15.7.